The Labute approximate surface area is 127 Å². The fraction of sp³-hybridized carbons (Fsp3) is 0.588. The normalized spacial score (nSPS) is 21.8. The molecule has 2 atom stereocenters. The summed E-state index contributed by atoms with van der Waals surface area (Å²) in [4.78, 5) is 11.9. The van der Waals surface area contributed by atoms with Gasteiger partial charge in [0.25, 0.3) is 0 Å². The van der Waals surface area contributed by atoms with E-state index in [9.17, 15) is 4.79 Å². The first kappa shape index (κ1) is 15.8. The molecule has 1 aliphatic rings. The zero-order chi connectivity index (χ0) is 15.1. The van der Waals surface area contributed by atoms with Gasteiger partial charge in [0.2, 0.25) is 5.91 Å². The maximum atomic E-state index is 11.9. The number of piperidine rings is 1. The molecule has 1 heterocycles. The minimum Gasteiger partial charge on any atom is -0.497 e. The van der Waals surface area contributed by atoms with E-state index in [0.29, 0.717) is 18.3 Å². The van der Waals surface area contributed by atoms with Gasteiger partial charge in [0.05, 0.1) is 7.11 Å². The van der Waals surface area contributed by atoms with Crippen LogP contribution in [0, 0.1) is 11.8 Å². The van der Waals surface area contributed by atoms with E-state index in [1.165, 1.54) is 5.56 Å². The van der Waals surface area contributed by atoms with E-state index in [0.717, 1.165) is 38.2 Å². The molecule has 2 rings (SSSR count). The predicted octanol–water partition coefficient (Wildman–Crippen LogP) is 1.99. The third-order valence-corrected chi connectivity index (χ3v) is 4.32. The SMILES string of the molecule is COc1ccc(CCC(=O)NCC2CCNCC2C)cc1. The maximum Gasteiger partial charge on any atom is 0.220 e. The second kappa shape index (κ2) is 8.03. The van der Waals surface area contributed by atoms with Crippen LogP contribution in [0.2, 0.25) is 0 Å². The van der Waals surface area contributed by atoms with Crippen LogP contribution >= 0.6 is 0 Å². The molecule has 2 unspecified atom stereocenters. The molecule has 0 aromatic heterocycles. The molecule has 1 aliphatic heterocycles. The smallest absolute Gasteiger partial charge is 0.220 e. The number of rotatable bonds is 6. The van der Waals surface area contributed by atoms with Gasteiger partial charge in [-0.3, -0.25) is 4.79 Å². The molecule has 0 bridgehead atoms. The molecule has 0 spiro atoms. The van der Waals surface area contributed by atoms with Crippen LogP contribution in [0.1, 0.15) is 25.3 Å². The van der Waals surface area contributed by atoms with Crippen molar-refractivity contribution in [3.05, 3.63) is 29.8 Å². The van der Waals surface area contributed by atoms with Crippen molar-refractivity contribution in [2.75, 3.05) is 26.7 Å². The summed E-state index contributed by atoms with van der Waals surface area (Å²) in [5.74, 6) is 2.25. The number of amides is 1. The van der Waals surface area contributed by atoms with Crippen molar-refractivity contribution in [3.8, 4) is 5.75 Å². The summed E-state index contributed by atoms with van der Waals surface area (Å²) in [6.45, 7) is 5.19. The van der Waals surface area contributed by atoms with E-state index in [2.05, 4.69) is 17.6 Å². The average Bonchev–Trinajstić information content (AvgIpc) is 2.52. The van der Waals surface area contributed by atoms with E-state index in [1.54, 1.807) is 7.11 Å². The van der Waals surface area contributed by atoms with Crippen LogP contribution in [0.25, 0.3) is 0 Å². The molecule has 1 aromatic carbocycles. The van der Waals surface area contributed by atoms with Crippen LogP contribution < -0.4 is 15.4 Å². The van der Waals surface area contributed by atoms with Crippen LogP contribution in [0.5, 0.6) is 5.75 Å². The third kappa shape index (κ3) is 5.05. The maximum absolute atomic E-state index is 11.9. The molecule has 0 aliphatic carbocycles. The summed E-state index contributed by atoms with van der Waals surface area (Å²) < 4.78 is 5.13. The highest BCUT2D eigenvalue weighted by Gasteiger charge is 2.21. The first-order valence-electron chi connectivity index (χ1n) is 7.79. The first-order valence-corrected chi connectivity index (χ1v) is 7.79. The van der Waals surface area contributed by atoms with Gasteiger partial charge in [-0.05, 0) is 55.5 Å². The van der Waals surface area contributed by atoms with Crippen LogP contribution in [-0.2, 0) is 11.2 Å². The van der Waals surface area contributed by atoms with Crippen molar-refractivity contribution >= 4 is 5.91 Å². The van der Waals surface area contributed by atoms with Crippen LogP contribution in [-0.4, -0.2) is 32.7 Å². The second-order valence-electron chi connectivity index (χ2n) is 5.88. The fourth-order valence-corrected chi connectivity index (χ4v) is 2.76. The summed E-state index contributed by atoms with van der Waals surface area (Å²) in [6, 6.07) is 7.90. The second-order valence-corrected chi connectivity index (χ2v) is 5.88. The van der Waals surface area contributed by atoms with Crippen LogP contribution in [0.15, 0.2) is 24.3 Å². The van der Waals surface area contributed by atoms with Crippen LogP contribution in [0.4, 0.5) is 0 Å². The number of nitrogens with one attached hydrogen (secondary N) is 2. The molecular formula is C17H26N2O2. The minimum atomic E-state index is 0.150. The van der Waals surface area contributed by atoms with Gasteiger partial charge in [0.1, 0.15) is 5.75 Å². The number of aryl methyl sites for hydroxylation is 1. The van der Waals surface area contributed by atoms with Crippen molar-refractivity contribution in [1.82, 2.24) is 10.6 Å². The largest absolute Gasteiger partial charge is 0.497 e. The zero-order valence-electron chi connectivity index (χ0n) is 13.0. The summed E-state index contributed by atoms with van der Waals surface area (Å²) >= 11 is 0. The highest BCUT2D eigenvalue weighted by atomic mass is 16.5. The van der Waals surface area contributed by atoms with Gasteiger partial charge in [-0.1, -0.05) is 19.1 Å². The van der Waals surface area contributed by atoms with Crippen molar-refractivity contribution < 1.29 is 9.53 Å². The highest BCUT2D eigenvalue weighted by molar-refractivity contribution is 5.76. The zero-order valence-corrected chi connectivity index (χ0v) is 13.0. The molecular weight excluding hydrogens is 264 g/mol. The van der Waals surface area contributed by atoms with Crippen molar-refractivity contribution in [2.24, 2.45) is 11.8 Å². The number of hydrogen-bond acceptors (Lipinski definition) is 3. The van der Waals surface area contributed by atoms with E-state index in [1.807, 2.05) is 24.3 Å². The summed E-state index contributed by atoms with van der Waals surface area (Å²) in [7, 11) is 1.66. The van der Waals surface area contributed by atoms with Crippen LogP contribution in [0.3, 0.4) is 0 Å². The summed E-state index contributed by atoms with van der Waals surface area (Å²) in [6.07, 6.45) is 2.48. The number of ether oxygens (including phenoxy) is 1. The van der Waals surface area contributed by atoms with Crippen molar-refractivity contribution in [3.63, 3.8) is 0 Å². The Bertz CT molecular complexity index is 445. The molecule has 1 saturated heterocycles. The third-order valence-electron chi connectivity index (χ3n) is 4.32. The molecule has 0 radical (unpaired) electrons. The lowest BCUT2D eigenvalue weighted by molar-refractivity contribution is -0.121. The lowest BCUT2D eigenvalue weighted by atomic mass is 9.88. The molecule has 4 heteroatoms. The Hall–Kier alpha value is -1.55. The number of carbonyl (C=O) groups is 1. The molecule has 21 heavy (non-hydrogen) atoms. The lowest BCUT2D eigenvalue weighted by Gasteiger charge is -2.29. The van der Waals surface area contributed by atoms with Gasteiger partial charge in [-0.25, -0.2) is 0 Å². The average molecular weight is 290 g/mol. The Balaban J connectivity index is 1.69. The standard InChI is InChI=1S/C17H26N2O2/c1-13-11-18-10-9-15(13)12-19-17(20)8-5-14-3-6-16(21-2)7-4-14/h3-4,6-7,13,15,18H,5,8-12H2,1-2H3,(H,19,20). The molecule has 116 valence electrons. The Morgan fingerprint density at radius 1 is 1.38 bits per heavy atom. The molecule has 4 nitrogen and oxygen atoms in total. The van der Waals surface area contributed by atoms with Gasteiger partial charge >= 0.3 is 0 Å². The summed E-state index contributed by atoms with van der Waals surface area (Å²) in [5.41, 5.74) is 1.17. The Morgan fingerprint density at radius 3 is 2.81 bits per heavy atom. The fourth-order valence-electron chi connectivity index (χ4n) is 2.76. The van der Waals surface area contributed by atoms with E-state index < -0.39 is 0 Å². The van der Waals surface area contributed by atoms with Gasteiger partial charge in [0, 0.05) is 13.0 Å². The Kier molecular flexibility index (Phi) is 6.05. The Morgan fingerprint density at radius 2 is 2.14 bits per heavy atom. The van der Waals surface area contributed by atoms with Gasteiger partial charge in [-0.2, -0.15) is 0 Å². The highest BCUT2D eigenvalue weighted by Crippen LogP contribution is 2.17. The number of carbonyl (C=O) groups excluding carboxylic acids is 1. The predicted molar refractivity (Wildman–Crippen MR) is 84.5 cm³/mol. The van der Waals surface area contributed by atoms with Crippen molar-refractivity contribution in [2.45, 2.75) is 26.2 Å². The van der Waals surface area contributed by atoms with Gasteiger partial charge in [0.15, 0.2) is 0 Å². The molecule has 1 aromatic rings. The molecule has 1 fully saturated rings. The topological polar surface area (TPSA) is 50.4 Å². The first-order chi connectivity index (χ1) is 10.2. The number of hydrogen-bond donors (Lipinski definition) is 2. The quantitative estimate of drug-likeness (QED) is 0.842. The summed E-state index contributed by atoms with van der Waals surface area (Å²) in [5, 5.41) is 6.47. The molecule has 2 N–H and O–H groups in total. The number of methoxy groups -OCH3 is 1. The van der Waals surface area contributed by atoms with Gasteiger partial charge < -0.3 is 15.4 Å². The lowest BCUT2D eigenvalue weighted by Crippen LogP contribution is -2.41. The molecule has 0 saturated carbocycles. The number of benzene rings is 1. The molecule has 1 amide bonds. The van der Waals surface area contributed by atoms with E-state index >= 15 is 0 Å². The van der Waals surface area contributed by atoms with Gasteiger partial charge in [-0.15, -0.1) is 0 Å². The van der Waals surface area contributed by atoms with E-state index in [4.69, 9.17) is 4.74 Å². The minimum absolute atomic E-state index is 0.150. The van der Waals surface area contributed by atoms with Crippen molar-refractivity contribution in [1.29, 1.82) is 0 Å². The van der Waals surface area contributed by atoms with E-state index in [-0.39, 0.29) is 5.91 Å². The monoisotopic (exact) mass is 290 g/mol.